The van der Waals surface area contributed by atoms with E-state index in [4.69, 9.17) is 0 Å². The van der Waals surface area contributed by atoms with Gasteiger partial charge in [-0.2, -0.15) is 0 Å². The van der Waals surface area contributed by atoms with E-state index in [1.165, 1.54) is 18.4 Å². The molecule has 1 fully saturated rings. The molecule has 1 N–H and O–H groups in total. The van der Waals surface area contributed by atoms with E-state index in [2.05, 4.69) is 46.7 Å². The molecule has 1 saturated carbocycles. The van der Waals surface area contributed by atoms with Crippen molar-refractivity contribution in [1.82, 2.24) is 15.5 Å². The quantitative estimate of drug-likeness (QED) is 0.879. The van der Waals surface area contributed by atoms with Crippen LogP contribution in [0.25, 0.3) is 0 Å². The molecule has 0 amide bonds. The Morgan fingerprint density at radius 3 is 2.79 bits per heavy atom. The summed E-state index contributed by atoms with van der Waals surface area (Å²) in [6.45, 7) is 3.22. The van der Waals surface area contributed by atoms with E-state index in [-0.39, 0.29) is 0 Å². The lowest BCUT2D eigenvalue weighted by molar-refractivity contribution is 0.677. The summed E-state index contributed by atoms with van der Waals surface area (Å²) in [6, 6.07) is 11.3. The number of hydrogen-bond donors (Lipinski definition) is 1. The van der Waals surface area contributed by atoms with Gasteiger partial charge in [-0.05, 0) is 18.4 Å². The van der Waals surface area contributed by atoms with Crippen LogP contribution in [-0.2, 0) is 6.42 Å². The molecule has 100 valence electrons. The van der Waals surface area contributed by atoms with Crippen molar-refractivity contribution in [3.8, 4) is 0 Å². The van der Waals surface area contributed by atoms with Crippen molar-refractivity contribution in [2.75, 3.05) is 6.54 Å². The molecule has 19 heavy (non-hydrogen) atoms. The molecule has 0 spiro atoms. The molecule has 1 aliphatic carbocycles. The first-order chi connectivity index (χ1) is 9.33. The molecule has 0 saturated heterocycles. The second-order valence-electron chi connectivity index (χ2n) is 5.14. The number of hydrogen-bond acceptors (Lipinski definition) is 4. The van der Waals surface area contributed by atoms with Crippen LogP contribution in [0.15, 0.2) is 30.3 Å². The number of rotatable bonds is 6. The first-order valence-electron chi connectivity index (χ1n) is 6.93. The second kappa shape index (κ2) is 5.80. The van der Waals surface area contributed by atoms with Crippen LogP contribution in [0.5, 0.6) is 0 Å². The van der Waals surface area contributed by atoms with Gasteiger partial charge >= 0.3 is 0 Å². The van der Waals surface area contributed by atoms with Crippen molar-refractivity contribution < 1.29 is 0 Å². The van der Waals surface area contributed by atoms with Crippen LogP contribution in [0.1, 0.15) is 41.3 Å². The topological polar surface area (TPSA) is 37.8 Å². The Balaban J connectivity index is 1.60. The first kappa shape index (κ1) is 12.8. The highest BCUT2D eigenvalue weighted by Gasteiger charge is 2.20. The zero-order valence-corrected chi connectivity index (χ0v) is 12.0. The molecule has 1 atom stereocenters. The van der Waals surface area contributed by atoms with Crippen molar-refractivity contribution in [1.29, 1.82) is 0 Å². The molecule has 1 aliphatic rings. The van der Waals surface area contributed by atoms with E-state index < -0.39 is 0 Å². The lowest BCUT2D eigenvalue weighted by Gasteiger charge is -2.06. The Labute approximate surface area is 118 Å². The molecule has 4 heteroatoms. The van der Waals surface area contributed by atoms with Crippen molar-refractivity contribution in [3.63, 3.8) is 0 Å². The highest BCUT2D eigenvalue weighted by molar-refractivity contribution is 7.11. The summed E-state index contributed by atoms with van der Waals surface area (Å²) < 4.78 is 0. The van der Waals surface area contributed by atoms with Gasteiger partial charge < -0.3 is 5.32 Å². The highest BCUT2D eigenvalue weighted by Crippen LogP contribution is 2.26. The van der Waals surface area contributed by atoms with Gasteiger partial charge in [-0.25, -0.2) is 0 Å². The van der Waals surface area contributed by atoms with E-state index >= 15 is 0 Å². The molecule has 1 heterocycles. The van der Waals surface area contributed by atoms with Crippen LogP contribution in [-0.4, -0.2) is 22.8 Å². The van der Waals surface area contributed by atoms with Crippen LogP contribution >= 0.6 is 11.3 Å². The van der Waals surface area contributed by atoms with Crippen LogP contribution in [0.4, 0.5) is 0 Å². The molecule has 3 rings (SSSR count). The second-order valence-corrected chi connectivity index (χ2v) is 6.24. The smallest absolute Gasteiger partial charge is 0.124 e. The molecule has 0 radical (unpaired) electrons. The molecule has 1 aromatic carbocycles. The lowest BCUT2D eigenvalue weighted by atomic mass is 10.0. The van der Waals surface area contributed by atoms with Gasteiger partial charge in [0.2, 0.25) is 0 Å². The monoisotopic (exact) mass is 273 g/mol. The number of benzene rings is 1. The predicted molar refractivity (Wildman–Crippen MR) is 78.6 cm³/mol. The maximum atomic E-state index is 4.35. The van der Waals surface area contributed by atoms with Gasteiger partial charge in [0.15, 0.2) is 0 Å². The highest BCUT2D eigenvalue weighted by atomic mass is 32.1. The fourth-order valence-electron chi connectivity index (χ4n) is 2.10. The minimum atomic E-state index is 0.337. The molecule has 1 unspecified atom stereocenters. The average molecular weight is 273 g/mol. The third-order valence-corrected chi connectivity index (χ3v) is 4.67. The van der Waals surface area contributed by atoms with Crippen LogP contribution in [0.3, 0.4) is 0 Å². The van der Waals surface area contributed by atoms with Gasteiger partial charge in [0.25, 0.3) is 0 Å². The van der Waals surface area contributed by atoms with Crippen LogP contribution in [0.2, 0.25) is 0 Å². The Morgan fingerprint density at radius 1 is 1.26 bits per heavy atom. The first-order valence-corrected chi connectivity index (χ1v) is 7.75. The minimum Gasteiger partial charge on any atom is -0.314 e. The number of aromatic nitrogens is 2. The third-order valence-electron chi connectivity index (χ3n) is 3.50. The summed E-state index contributed by atoms with van der Waals surface area (Å²) in [5.74, 6) is 0.337. The van der Waals surface area contributed by atoms with Gasteiger partial charge in [-0.15, -0.1) is 21.5 Å². The Kier molecular flexibility index (Phi) is 3.89. The van der Waals surface area contributed by atoms with E-state index in [1.807, 2.05) is 6.07 Å². The molecule has 0 aliphatic heterocycles. The van der Waals surface area contributed by atoms with E-state index in [0.717, 1.165) is 29.0 Å². The lowest BCUT2D eigenvalue weighted by Crippen LogP contribution is -2.19. The molecule has 0 bridgehead atoms. The van der Waals surface area contributed by atoms with Gasteiger partial charge in [0, 0.05) is 24.9 Å². The summed E-state index contributed by atoms with van der Waals surface area (Å²) in [4.78, 5) is 0. The van der Waals surface area contributed by atoms with Crippen LogP contribution < -0.4 is 5.32 Å². The van der Waals surface area contributed by atoms with Crippen molar-refractivity contribution in [2.24, 2.45) is 0 Å². The SMILES string of the molecule is CC(c1ccccc1)c1nnc(CCNC2CC2)s1. The zero-order chi connectivity index (χ0) is 13.1. The third kappa shape index (κ3) is 3.39. The zero-order valence-electron chi connectivity index (χ0n) is 11.2. The largest absolute Gasteiger partial charge is 0.314 e. The predicted octanol–water partition coefficient (Wildman–Crippen LogP) is 2.98. The Bertz CT molecular complexity index is 519. The Hall–Kier alpha value is -1.26. The van der Waals surface area contributed by atoms with E-state index in [9.17, 15) is 0 Å². The maximum absolute atomic E-state index is 4.35. The Morgan fingerprint density at radius 2 is 2.05 bits per heavy atom. The number of nitrogens with zero attached hydrogens (tertiary/aromatic N) is 2. The van der Waals surface area contributed by atoms with E-state index in [1.54, 1.807) is 11.3 Å². The fraction of sp³-hybridized carbons (Fsp3) is 0.467. The van der Waals surface area contributed by atoms with Gasteiger partial charge in [-0.3, -0.25) is 0 Å². The minimum absolute atomic E-state index is 0.337. The number of nitrogens with one attached hydrogen (secondary N) is 1. The maximum Gasteiger partial charge on any atom is 0.124 e. The summed E-state index contributed by atoms with van der Waals surface area (Å²) in [5.41, 5.74) is 1.31. The normalized spacial score (nSPS) is 16.5. The summed E-state index contributed by atoms with van der Waals surface area (Å²) in [6.07, 6.45) is 3.68. The van der Waals surface area contributed by atoms with Gasteiger partial charge in [0.1, 0.15) is 10.0 Å². The van der Waals surface area contributed by atoms with E-state index in [0.29, 0.717) is 5.92 Å². The molecular weight excluding hydrogens is 254 g/mol. The molecule has 2 aromatic rings. The summed E-state index contributed by atoms with van der Waals surface area (Å²) >= 11 is 1.75. The van der Waals surface area contributed by atoms with Crippen molar-refractivity contribution >= 4 is 11.3 Å². The van der Waals surface area contributed by atoms with Gasteiger partial charge in [-0.1, -0.05) is 37.3 Å². The summed E-state index contributed by atoms with van der Waals surface area (Å²) in [5, 5.41) is 14.4. The average Bonchev–Trinajstić information content (AvgIpc) is 3.15. The van der Waals surface area contributed by atoms with Crippen LogP contribution in [0, 0.1) is 0 Å². The standard InChI is InChI=1S/C15H19N3S/c1-11(12-5-3-2-4-6-12)15-18-17-14(19-15)9-10-16-13-7-8-13/h2-6,11,13,16H,7-10H2,1H3. The van der Waals surface area contributed by atoms with Gasteiger partial charge in [0.05, 0.1) is 0 Å². The molecular formula is C15H19N3S. The summed E-state index contributed by atoms with van der Waals surface area (Å²) in [7, 11) is 0. The molecule has 3 nitrogen and oxygen atoms in total. The molecule has 1 aromatic heterocycles. The fourth-order valence-corrected chi connectivity index (χ4v) is 3.02. The van der Waals surface area contributed by atoms with Crippen molar-refractivity contribution in [3.05, 3.63) is 45.9 Å². The van der Waals surface area contributed by atoms with Crippen molar-refractivity contribution in [2.45, 2.75) is 38.1 Å².